The summed E-state index contributed by atoms with van der Waals surface area (Å²) in [5, 5.41) is 3.61. The quantitative estimate of drug-likeness (QED) is 0.889. The Balaban J connectivity index is 1.88. The number of hydrogen-bond donors (Lipinski definition) is 1. The monoisotopic (exact) mass is 253 g/mol. The van der Waals surface area contributed by atoms with Gasteiger partial charge in [-0.1, -0.05) is 6.07 Å². The van der Waals surface area contributed by atoms with Crippen LogP contribution in [0.1, 0.15) is 41.5 Å². The van der Waals surface area contributed by atoms with E-state index in [-0.39, 0.29) is 0 Å². The summed E-state index contributed by atoms with van der Waals surface area (Å²) in [5.41, 5.74) is 5.82. The predicted molar refractivity (Wildman–Crippen MR) is 77.2 cm³/mol. The van der Waals surface area contributed by atoms with E-state index < -0.39 is 0 Å². The average Bonchev–Trinajstić information content (AvgIpc) is 2.42. The van der Waals surface area contributed by atoms with E-state index in [1.54, 1.807) is 0 Å². The molecule has 0 aliphatic heterocycles. The molecule has 3 rings (SSSR count). The first-order valence-corrected chi connectivity index (χ1v) is 6.88. The number of nitrogens with zero attached hydrogens (tertiary/aromatic N) is 2. The third-order valence-corrected chi connectivity index (χ3v) is 3.75. The largest absolute Gasteiger partial charge is 0.375 e. The Bertz CT molecular complexity index is 592. The molecule has 2 aromatic rings. The van der Waals surface area contributed by atoms with Crippen LogP contribution in [0.5, 0.6) is 0 Å². The van der Waals surface area contributed by atoms with E-state index in [4.69, 9.17) is 0 Å². The highest BCUT2D eigenvalue weighted by Gasteiger charge is 2.21. The maximum Gasteiger partial charge on any atom is 0.0688 e. The van der Waals surface area contributed by atoms with E-state index >= 15 is 0 Å². The van der Waals surface area contributed by atoms with Crippen LogP contribution < -0.4 is 5.32 Å². The van der Waals surface area contributed by atoms with Gasteiger partial charge in [-0.3, -0.25) is 9.97 Å². The lowest BCUT2D eigenvalue weighted by molar-refractivity contribution is 0.583. The molecule has 19 heavy (non-hydrogen) atoms. The molecule has 0 bridgehead atoms. The molecule has 0 radical (unpaired) electrons. The van der Waals surface area contributed by atoms with Crippen molar-refractivity contribution in [1.29, 1.82) is 0 Å². The van der Waals surface area contributed by atoms with Crippen LogP contribution in [0.25, 0.3) is 0 Å². The minimum atomic E-state index is 0.313. The Morgan fingerprint density at radius 1 is 1.21 bits per heavy atom. The summed E-state index contributed by atoms with van der Waals surface area (Å²) in [6.45, 7) is 4.08. The summed E-state index contributed by atoms with van der Waals surface area (Å²) in [6.07, 6.45) is 5.39. The van der Waals surface area contributed by atoms with Crippen LogP contribution in [0, 0.1) is 13.8 Å². The Hall–Kier alpha value is -1.90. The fourth-order valence-corrected chi connectivity index (χ4v) is 2.78. The third-order valence-electron chi connectivity index (χ3n) is 3.75. The van der Waals surface area contributed by atoms with E-state index in [0.717, 1.165) is 29.9 Å². The molecule has 0 saturated heterocycles. The molecule has 1 aliphatic rings. The zero-order valence-electron chi connectivity index (χ0n) is 11.5. The van der Waals surface area contributed by atoms with Crippen molar-refractivity contribution in [3.63, 3.8) is 0 Å². The summed E-state index contributed by atoms with van der Waals surface area (Å²) in [7, 11) is 0. The van der Waals surface area contributed by atoms with Crippen LogP contribution in [0.4, 0.5) is 5.69 Å². The molecule has 0 saturated carbocycles. The molecule has 0 amide bonds. The molecule has 2 heterocycles. The smallest absolute Gasteiger partial charge is 0.0688 e. The highest BCUT2D eigenvalue weighted by molar-refractivity contribution is 5.50. The molecule has 1 aliphatic carbocycles. The van der Waals surface area contributed by atoms with Gasteiger partial charge in [0.25, 0.3) is 0 Å². The van der Waals surface area contributed by atoms with Crippen molar-refractivity contribution in [2.24, 2.45) is 0 Å². The lowest BCUT2D eigenvalue weighted by atomic mass is 9.91. The van der Waals surface area contributed by atoms with Gasteiger partial charge in [-0.05, 0) is 56.9 Å². The van der Waals surface area contributed by atoms with E-state index in [1.165, 1.54) is 17.7 Å². The first-order chi connectivity index (χ1) is 9.24. The minimum absolute atomic E-state index is 0.313. The van der Waals surface area contributed by atoms with Gasteiger partial charge in [0.1, 0.15) is 0 Å². The molecule has 98 valence electrons. The normalized spacial score (nSPS) is 17.9. The van der Waals surface area contributed by atoms with Crippen LogP contribution in [-0.4, -0.2) is 9.97 Å². The molecule has 0 spiro atoms. The average molecular weight is 253 g/mol. The molecule has 1 N–H and O–H groups in total. The zero-order valence-corrected chi connectivity index (χ0v) is 11.5. The lowest BCUT2D eigenvalue weighted by Gasteiger charge is -2.26. The molecule has 0 aromatic carbocycles. The van der Waals surface area contributed by atoms with Gasteiger partial charge in [0.15, 0.2) is 0 Å². The Kier molecular flexibility index (Phi) is 3.20. The number of anilines is 1. The fourth-order valence-electron chi connectivity index (χ4n) is 2.78. The SMILES string of the molecule is Cc1ccc(NC2CCCc3cccnc32)c(C)n1. The second kappa shape index (κ2) is 5.00. The standard InChI is InChI=1S/C16H19N3/c1-11-8-9-14(12(2)18-11)19-15-7-3-5-13-6-4-10-17-16(13)15/h4,6,8-10,15,19H,3,5,7H2,1-2H3. The van der Waals surface area contributed by atoms with Gasteiger partial charge < -0.3 is 5.32 Å². The molecule has 2 aromatic heterocycles. The van der Waals surface area contributed by atoms with Crippen molar-refractivity contribution in [3.8, 4) is 0 Å². The van der Waals surface area contributed by atoms with Gasteiger partial charge in [-0.25, -0.2) is 0 Å². The van der Waals surface area contributed by atoms with Crippen molar-refractivity contribution >= 4 is 5.69 Å². The topological polar surface area (TPSA) is 37.8 Å². The number of hydrogen-bond acceptors (Lipinski definition) is 3. The number of aromatic nitrogens is 2. The fraction of sp³-hybridized carbons (Fsp3) is 0.375. The van der Waals surface area contributed by atoms with Crippen LogP contribution >= 0.6 is 0 Å². The van der Waals surface area contributed by atoms with Crippen LogP contribution in [-0.2, 0) is 6.42 Å². The number of aryl methyl sites for hydroxylation is 3. The maximum absolute atomic E-state index is 4.56. The number of nitrogens with one attached hydrogen (secondary N) is 1. The molecule has 1 unspecified atom stereocenters. The van der Waals surface area contributed by atoms with Crippen molar-refractivity contribution in [2.45, 2.75) is 39.2 Å². The molecule has 3 heteroatoms. The minimum Gasteiger partial charge on any atom is -0.375 e. The second-order valence-electron chi connectivity index (χ2n) is 5.22. The van der Waals surface area contributed by atoms with E-state index in [9.17, 15) is 0 Å². The Morgan fingerprint density at radius 3 is 2.95 bits per heavy atom. The molecular weight excluding hydrogens is 234 g/mol. The van der Waals surface area contributed by atoms with E-state index in [0.29, 0.717) is 6.04 Å². The Morgan fingerprint density at radius 2 is 2.11 bits per heavy atom. The number of fused-ring (bicyclic) bond motifs is 1. The van der Waals surface area contributed by atoms with Gasteiger partial charge in [0.2, 0.25) is 0 Å². The third kappa shape index (κ3) is 2.46. The summed E-state index contributed by atoms with van der Waals surface area (Å²) in [4.78, 5) is 9.07. The zero-order chi connectivity index (χ0) is 13.2. The van der Waals surface area contributed by atoms with Gasteiger partial charge in [-0.2, -0.15) is 0 Å². The molecule has 0 fully saturated rings. The van der Waals surface area contributed by atoms with Gasteiger partial charge >= 0.3 is 0 Å². The number of rotatable bonds is 2. The highest BCUT2D eigenvalue weighted by Crippen LogP contribution is 2.31. The van der Waals surface area contributed by atoms with Crippen LogP contribution in [0.2, 0.25) is 0 Å². The van der Waals surface area contributed by atoms with Gasteiger partial charge in [0, 0.05) is 11.9 Å². The van der Waals surface area contributed by atoms with Crippen LogP contribution in [0.15, 0.2) is 30.5 Å². The predicted octanol–water partition coefficient (Wildman–Crippen LogP) is 3.58. The summed E-state index contributed by atoms with van der Waals surface area (Å²) in [6, 6.07) is 8.70. The van der Waals surface area contributed by atoms with Crippen molar-refractivity contribution in [2.75, 3.05) is 5.32 Å². The van der Waals surface area contributed by atoms with Crippen molar-refractivity contribution in [1.82, 2.24) is 9.97 Å². The molecular formula is C16H19N3. The summed E-state index contributed by atoms with van der Waals surface area (Å²) < 4.78 is 0. The highest BCUT2D eigenvalue weighted by atomic mass is 15.0. The van der Waals surface area contributed by atoms with Gasteiger partial charge in [-0.15, -0.1) is 0 Å². The van der Waals surface area contributed by atoms with Crippen LogP contribution in [0.3, 0.4) is 0 Å². The molecule has 1 atom stereocenters. The summed E-state index contributed by atoms with van der Waals surface area (Å²) in [5.74, 6) is 0. The summed E-state index contributed by atoms with van der Waals surface area (Å²) >= 11 is 0. The molecule has 3 nitrogen and oxygen atoms in total. The van der Waals surface area contributed by atoms with Crippen molar-refractivity contribution < 1.29 is 0 Å². The first kappa shape index (κ1) is 12.2. The van der Waals surface area contributed by atoms with E-state index in [1.807, 2.05) is 19.2 Å². The first-order valence-electron chi connectivity index (χ1n) is 6.88. The maximum atomic E-state index is 4.56. The number of pyridine rings is 2. The second-order valence-corrected chi connectivity index (χ2v) is 5.22. The van der Waals surface area contributed by atoms with Gasteiger partial charge in [0.05, 0.1) is 23.1 Å². The van der Waals surface area contributed by atoms with Crippen molar-refractivity contribution in [3.05, 3.63) is 53.1 Å². The Labute approximate surface area is 114 Å². The lowest BCUT2D eigenvalue weighted by Crippen LogP contribution is -2.19. The van der Waals surface area contributed by atoms with E-state index in [2.05, 4.69) is 40.4 Å².